The van der Waals surface area contributed by atoms with Crippen molar-refractivity contribution < 1.29 is 24.5 Å². The Bertz CT molecular complexity index is 461. The van der Waals surface area contributed by atoms with Gasteiger partial charge in [-0.15, -0.1) is 0 Å². The first-order valence-corrected chi connectivity index (χ1v) is 7.10. The van der Waals surface area contributed by atoms with Crippen molar-refractivity contribution in [2.75, 3.05) is 14.2 Å². The van der Waals surface area contributed by atoms with Crippen molar-refractivity contribution in [1.82, 2.24) is 0 Å². The lowest BCUT2D eigenvalue weighted by molar-refractivity contribution is -0.137. The summed E-state index contributed by atoms with van der Waals surface area (Å²) in [6.07, 6.45) is 1.10. The summed E-state index contributed by atoms with van der Waals surface area (Å²) in [5.41, 5.74) is 0.663. The van der Waals surface area contributed by atoms with Crippen molar-refractivity contribution in [2.24, 2.45) is 0 Å². The molecule has 0 radical (unpaired) electrons. The number of ether oxygens (including phenoxy) is 2. The Labute approximate surface area is 126 Å². The highest BCUT2D eigenvalue weighted by Gasteiger charge is 2.18. The highest BCUT2D eigenvalue weighted by molar-refractivity contribution is 9.10. The second-order valence-electron chi connectivity index (χ2n) is 4.36. The van der Waals surface area contributed by atoms with Gasteiger partial charge in [-0.1, -0.05) is 0 Å². The SMILES string of the molecule is COc1ccc(C(O)CCCCC(=O)O)c(OC)c1Br. The summed E-state index contributed by atoms with van der Waals surface area (Å²) >= 11 is 3.38. The fraction of sp³-hybridized carbons (Fsp3) is 0.500. The second-order valence-corrected chi connectivity index (χ2v) is 5.15. The van der Waals surface area contributed by atoms with E-state index in [1.165, 1.54) is 7.11 Å². The van der Waals surface area contributed by atoms with Gasteiger partial charge in [0.15, 0.2) is 0 Å². The first kappa shape index (κ1) is 16.8. The van der Waals surface area contributed by atoms with Crippen LogP contribution in [0.2, 0.25) is 0 Å². The Hall–Kier alpha value is -1.27. The summed E-state index contributed by atoms with van der Waals surface area (Å²) < 4.78 is 11.1. The van der Waals surface area contributed by atoms with Crippen LogP contribution in [0.1, 0.15) is 37.4 Å². The molecule has 20 heavy (non-hydrogen) atoms. The third kappa shape index (κ3) is 4.38. The van der Waals surface area contributed by atoms with E-state index in [-0.39, 0.29) is 6.42 Å². The first-order valence-electron chi connectivity index (χ1n) is 6.31. The zero-order valence-corrected chi connectivity index (χ0v) is 13.1. The molecular weight excluding hydrogens is 328 g/mol. The largest absolute Gasteiger partial charge is 0.495 e. The van der Waals surface area contributed by atoms with Gasteiger partial charge in [-0.3, -0.25) is 4.79 Å². The van der Waals surface area contributed by atoms with Crippen molar-refractivity contribution in [3.05, 3.63) is 22.2 Å². The number of carboxylic acids is 1. The minimum absolute atomic E-state index is 0.121. The van der Waals surface area contributed by atoms with Gasteiger partial charge in [0.1, 0.15) is 16.0 Å². The summed E-state index contributed by atoms with van der Waals surface area (Å²) in [4.78, 5) is 10.4. The van der Waals surface area contributed by atoms with Gasteiger partial charge in [-0.2, -0.15) is 0 Å². The van der Waals surface area contributed by atoms with Crippen LogP contribution in [0.15, 0.2) is 16.6 Å². The normalized spacial score (nSPS) is 12.0. The Balaban J connectivity index is 2.74. The van der Waals surface area contributed by atoms with Crippen molar-refractivity contribution in [1.29, 1.82) is 0 Å². The predicted octanol–water partition coefficient (Wildman–Crippen LogP) is 3.14. The minimum Gasteiger partial charge on any atom is -0.495 e. The van der Waals surface area contributed by atoms with Crippen molar-refractivity contribution in [2.45, 2.75) is 31.8 Å². The van der Waals surface area contributed by atoms with Crippen LogP contribution in [0.25, 0.3) is 0 Å². The van der Waals surface area contributed by atoms with Gasteiger partial charge in [0.05, 0.1) is 20.3 Å². The van der Waals surface area contributed by atoms with E-state index in [9.17, 15) is 9.90 Å². The highest BCUT2D eigenvalue weighted by atomic mass is 79.9. The number of aliphatic hydroxyl groups excluding tert-OH is 1. The van der Waals surface area contributed by atoms with Gasteiger partial charge in [0, 0.05) is 12.0 Å². The smallest absolute Gasteiger partial charge is 0.303 e. The number of carboxylic acid groups (broad SMARTS) is 1. The molecule has 0 aliphatic heterocycles. The van der Waals surface area contributed by atoms with Gasteiger partial charge < -0.3 is 19.7 Å². The van der Waals surface area contributed by atoms with E-state index in [1.54, 1.807) is 19.2 Å². The van der Waals surface area contributed by atoms with Crippen molar-refractivity contribution in [3.8, 4) is 11.5 Å². The number of aliphatic hydroxyl groups is 1. The molecule has 0 fully saturated rings. The standard InChI is InChI=1S/C14H19BrO5/c1-19-11-8-7-9(14(20-2)13(11)15)10(16)5-3-4-6-12(17)18/h7-8,10,16H,3-6H2,1-2H3,(H,17,18). The number of carbonyl (C=O) groups is 1. The molecule has 0 aromatic heterocycles. The maximum absolute atomic E-state index is 10.4. The number of halogens is 1. The molecule has 0 aliphatic rings. The van der Waals surface area contributed by atoms with Gasteiger partial charge in [0.2, 0.25) is 0 Å². The van der Waals surface area contributed by atoms with Gasteiger partial charge in [0.25, 0.3) is 0 Å². The average Bonchev–Trinajstić information content (AvgIpc) is 2.42. The molecule has 1 atom stereocenters. The zero-order chi connectivity index (χ0) is 15.1. The number of unbranched alkanes of at least 4 members (excludes halogenated alkanes) is 1. The molecule has 1 rings (SSSR count). The fourth-order valence-corrected chi connectivity index (χ4v) is 2.63. The maximum Gasteiger partial charge on any atom is 0.303 e. The van der Waals surface area contributed by atoms with Gasteiger partial charge in [-0.25, -0.2) is 0 Å². The van der Waals surface area contributed by atoms with E-state index in [0.29, 0.717) is 40.8 Å². The number of aliphatic carboxylic acids is 1. The maximum atomic E-state index is 10.4. The van der Waals surface area contributed by atoms with Gasteiger partial charge >= 0.3 is 5.97 Å². The summed E-state index contributed by atoms with van der Waals surface area (Å²) in [6, 6.07) is 3.51. The monoisotopic (exact) mass is 346 g/mol. The summed E-state index contributed by atoms with van der Waals surface area (Å²) in [5.74, 6) is 0.350. The van der Waals surface area contributed by atoms with E-state index in [0.717, 1.165) is 0 Å². The second kappa shape index (κ2) is 8.11. The van der Waals surface area contributed by atoms with Gasteiger partial charge in [-0.05, 0) is 47.3 Å². The molecule has 0 saturated heterocycles. The van der Waals surface area contributed by atoms with E-state index in [1.807, 2.05) is 0 Å². The lowest BCUT2D eigenvalue weighted by Gasteiger charge is -2.17. The summed E-state index contributed by atoms with van der Waals surface area (Å²) in [6.45, 7) is 0. The Morgan fingerprint density at radius 1 is 1.30 bits per heavy atom. The fourth-order valence-electron chi connectivity index (χ4n) is 1.95. The number of hydrogen-bond donors (Lipinski definition) is 2. The lowest BCUT2D eigenvalue weighted by atomic mass is 10.0. The molecule has 0 heterocycles. The topological polar surface area (TPSA) is 76.0 Å². The molecule has 0 spiro atoms. The number of rotatable bonds is 8. The first-order chi connectivity index (χ1) is 9.51. The molecule has 112 valence electrons. The molecular formula is C14H19BrO5. The number of methoxy groups -OCH3 is 2. The third-order valence-corrected chi connectivity index (χ3v) is 3.74. The Morgan fingerprint density at radius 3 is 2.55 bits per heavy atom. The van der Waals surface area contributed by atoms with Crippen LogP contribution in [0.5, 0.6) is 11.5 Å². The van der Waals surface area contributed by atoms with Crippen LogP contribution < -0.4 is 9.47 Å². The Morgan fingerprint density at radius 2 is 2.00 bits per heavy atom. The molecule has 0 amide bonds. The number of hydrogen-bond acceptors (Lipinski definition) is 4. The average molecular weight is 347 g/mol. The van der Waals surface area contributed by atoms with Crippen LogP contribution in [0.4, 0.5) is 0 Å². The van der Waals surface area contributed by atoms with Crippen LogP contribution in [-0.2, 0) is 4.79 Å². The third-order valence-electron chi connectivity index (χ3n) is 2.99. The van der Waals surface area contributed by atoms with Crippen molar-refractivity contribution >= 4 is 21.9 Å². The molecule has 1 aromatic carbocycles. The molecule has 1 unspecified atom stereocenters. The van der Waals surface area contributed by atoms with Crippen LogP contribution >= 0.6 is 15.9 Å². The lowest BCUT2D eigenvalue weighted by Crippen LogP contribution is -2.03. The molecule has 5 nitrogen and oxygen atoms in total. The molecule has 0 saturated carbocycles. The molecule has 0 bridgehead atoms. The van der Waals surface area contributed by atoms with Crippen molar-refractivity contribution in [3.63, 3.8) is 0 Å². The predicted molar refractivity (Wildman–Crippen MR) is 78.3 cm³/mol. The summed E-state index contributed by atoms with van der Waals surface area (Å²) in [7, 11) is 3.09. The zero-order valence-electron chi connectivity index (χ0n) is 11.6. The quantitative estimate of drug-likeness (QED) is 0.707. The van der Waals surface area contributed by atoms with Crippen LogP contribution in [0.3, 0.4) is 0 Å². The van der Waals surface area contributed by atoms with E-state index < -0.39 is 12.1 Å². The number of benzene rings is 1. The molecule has 1 aromatic rings. The van der Waals surface area contributed by atoms with E-state index >= 15 is 0 Å². The Kier molecular flexibility index (Phi) is 6.81. The molecule has 6 heteroatoms. The van der Waals surface area contributed by atoms with E-state index in [4.69, 9.17) is 14.6 Å². The highest BCUT2D eigenvalue weighted by Crippen LogP contribution is 2.40. The van der Waals surface area contributed by atoms with E-state index in [2.05, 4.69) is 15.9 Å². The van der Waals surface area contributed by atoms with Crippen LogP contribution in [0, 0.1) is 0 Å². The molecule has 0 aliphatic carbocycles. The van der Waals surface area contributed by atoms with Crippen LogP contribution in [-0.4, -0.2) is 30.4 Å². The minimum atomic E-state index is -0.815. The molecule has 2 N–H and O–H groups in total. The summed E-state index contributed by atoms with van der Waals surface area (Å²) in [5, 5.41) is 18.8.